The monoisotopic (exact) mass is 262 g/mol. The molecule has 108 valence electrons. The Hall–Kier alpha value is -0.860. The van der Waals surface area contributed by atoms with E-state index in [2.05, 4.69) is 82.3 Å². The van der Waals surface area contributed by atoms with Crippen LogP contribution in [0.3, 0.4) is 0 Å². The predicted molar refractivity (Wildman–Crippen MR) is 84.7 cm³/mol. The van der Waals surface area contributed by atoms with Crippen LogP contribution in [0, 0.1) is 0 Å². The molecule has 0 bridgehead atoms. The molecule has 2 atom stereocenters. The highest BCUT2D eigenvalue weighted by Crippen LogP contribution is 2.28. The molecular formula is C17H30N2. The molecule has 0 spiro atoms. The number of likely N-dealkylation sites (N-methyl/N-ethyl adjacent to an activating group) is 1. The Morgan fingerprint density at radius 2 is 1.68 bits per heavy atom. The normalized spacial score (nSPS) is 15.5. The molecule has 0 fully saturated rings. The van der Waals surface area contributed by atoms with Gasteiger partial charge in [-0.2, -0.15) is 0 Å². The van der Waals surface area contributed by atoms with E-state index in [1.807, 2.05) is 0 Å². The quantitative estimate of drug-likeness (QED) is 0.811. The van der Waals surface area contributed by atoms with Crippen molar-refractivity contribution in [2.75, 3.05) is 20.6 Å². The predicted octanol–water partition coefficient (Wildman–Crippen LogP) is 3.28. The van der Waals surface area contributed by atoms with E-state index in [9.17, 15) is 0 Å². The molecular weight excluding hydrogens is 232 g/mol. The largest absolute Gasteiger partial charge is 0.313 e. The van der Waals surface area contributed by atoms with Gasteiger partial charge in [-0.3, -0.25) is 0 Å². The summed E-state index contributed by atoms with van der Waals surface area (Å²) in [7, 11) is 4.26. The fourth-order valence-electron chi connectivity index (χ4n) is 2.40. The van der Waals surface area contributed by atoms with Crippen molar-refractivity contribution in [3.05, 3.63) is 35.9 Å². The molecule has 1 aromatic rings. The van der Waals surface area contributed by atoms with Gasteiger partial charge >= 0.3 is 0 Å². The van der Waals surface area contributed by atoms with Gasteiger partial charge in [0.2, 0.25) is 0 Å². The molecule has 0 saturated carbocycles. The minimum atomic E-state index is 0.217. The summed E-state index contributed by atoms with van der Waals surface area (Å²) in [6.45, 7) is 10.2. The second kappa shape index (κ2) is 7.06. The van der Waals surface area contributed by atoms with E-state index in [4.69, 9.17) is 0 Å². The second-order valence-corrected chi connectivity index (χ2v) is 6.58. The van der Waals surface area contributed by atoms with Crippen molar-refractivity contribution in [1.82, 2.24) is 10.2 Å². The van der Waals surface area contributed by atoms with Crippen molar-refractivity contribution in [2.45, 2.75) is 51.6 Å². The lowest BCUT2D eigenvalue weighted by Crippen LogP contribution is -2.41. The zero-order valence-corrected chi connectivity index (χ0v) is 13.4. The Morgan fingerprint density at radius 1 is 1.11 bits per heavy atom. The first-order chi connectivity index (χ1) is 8.83. The van der Waals surface area contributed by atoms with Crippen molar-refractivity contribution in [2.24, 2.45) is 0 Å². The van der Waals surface area contributed by atoms with Gasteiger partial charge in [-0.05, 0) is 45.3 Å². The molecule has 0 aliphatic carbocycles. The molecule has 1 rings (SSSR count). The van der Waals surface area contributed by atoms with E-state index in [1.165, 1.54) is 5.56 Å². The van der Waals surface area contributed by atoms with E-state index in [-0.39, 0.29) is 5.41 Å². The lowest BCUT2D eigenvalue weighted by Gasteiger charge is -2.30. The average molecular weight is 262 g/mol. The van der Waals surface area contributed by atoms with Gasteiger partial charge in [0, 0.05) is 18.6 Å². The second-order valence-electron chi connectivity index (χ2n) is 6.58. The number of nitrogens with one attached hydrogen (secondary N) is 1. The van der Waals surface area contributed by atoms with Crippen LogP contribution in [0.1, 0.15) is 39.7 Å². The first-order valence-electron chi connectivity index (χ1n) is 7.28. The Labute approximate surface area is 119 Å². The molecule has 2 unspecified atom stereocenters. The highest BCUT2D eigenvalue weighted by atomic mass is 15.1. The molecule has 2 nitrogen and oxygen atoms in total. The summed E-state index contributed by atoms with van der Waals surface area (Å²) in [6.07, 6.45) is 1.15. The molecule has 19 heavy (non-hydrogen) atoms. The maximum absolute atomic E-state index is 3.65. The molecule has 1 aromatic carbocycles. The zero-order valence-electron chi connectivity index (χ0n) is 13.4. The summed E-state index contributed by atoms with van der Waals surface area (Å²) in [5.74, 6) is 0. The van der Waals surface area contributed by atoms with E-state index in [0.717, 1.165) is 13.0 Å². The molecule has 0 saturated heterocycles. The molecule has 1 N–H and O–H groups in total. The van der Waals surface area contributed by atoms with Gasteiger partial charge in [0.25, 0.3) is 0 Å². The van der Waals surface area contributed by atoms with Crippen LogP contribution >= 0.6 is 0 Å². The van der Waals surface area contributed by atoms with Gasteiger partial charge in [0.05, 0.1) is 0 Å². The Kier molecular flexibility index (Phi) is 6.02. The summed E-state index contributed by atoms with van der Waals surface area (Å²) in [6, 6.07) is 11.9. The molecule has 0 aliphatic rings. The van der Waals surface area contributed by atoms with Crippen molar-refractivity contribution in [3.63, 3.8) is 0 Å². The third kappa shape index (κ3) is 5.33. The summed E-state index contributed by atoms with van der Waals surface area (Å²) >= 11 is 0. The van der Waals surface area contributed by atoms with Crippen LogP contribution in [0.2, 0.25) is 0 Å². The topological polar surface area (TPSA) is 15.3 Å². The lowest BCUT2D eigenvalue weighted by atomic mass is 9.79. The smallest absolute Gasteiger partial charge is 0.0186 e. The zero-order chi connectivity index (χ0) is 14.5. The first-order valence-corrected chi connectivity index (χ1v) is 7.28. The van der Waals surface area contributed by atoms with Crippen molar-refractivity contribution in [1.29, 1.82) is 0 Å². The van der Waals surface area contributed by atoms with Gasteiger partial charge in [0.1, 0.15) is 0 Å². The molecule has 0 amide bonds. The fourth-order valence-corrected chi connectivity index (χ4v) is 2.40. The van der Waals surface area contributed by atoms with E-state index < -0.39 is 0 Å². The molecule has 0 aromatic heterocycles. The SMILES string of the molecule is CC(CC(C)(C)c1ccccc1)NCC(C)N(C)C. The van der Waals surface area contributed by atoms with E-state index in [1.54, 1.807) is 0 Å². The molecule has 0 heterocycles. The number of rotatable bonds is 7. The molecule has 0 aliphatic heterocycles. The standard InChI is InChI=1S/C17H30N2/c1-14(18-13-15(2)19(5)6)12-17(3,4)16-10-8-7-9-11-16/h7-11,14-15,18H,12-13H2,1-6H3. The van der Waals surface area contributed by atoms with Crippen molar-refractivity contribution < 1.29 is 0 Å². The minimum Gasteiger partial charge on any atom is -0.313 e. The lowest BCUT2D eigenvalue weighted by molar-refractivity contribution is 0.284. The highest BCUT2D eigenvalue weighted by Gasteiger charge is 2.23. The van der Waals surface area contributed by atoms with Gasteiger partial charge in [-0.1, -0.05) is 44.2 Å². The third-order valence-corrected chi connectivity index (χ3v) is 4.02. The maximum atomic E-state index is 3.65. The maximum Gasteiger partial charge on any atom is 0.0186 e. The number of nitrogens with zero attached hydrogens (tertiary/aromatic N) is 1. The summed E-state index contributed by atoms with van der Waals surface area (Å²) < 4.78 is 0. The van der Waals surface area contributed by atoms with Gasteiger partial charge in [-0.15, -0.1) is 0 Å². The summed E-state index contributed by atoms with van der Waals surface area (Å²) in [5.41, 5.74) is 1.64. The number of benzene rings is 1. The molecule has 0 radical (unpaired) electrons. The highest BCUT2D eigenvalue weighted by molar-refractivity contribution is 5.23. The van der Waals surface area contributed by atoms with Crippen LogP contribution in [-0.2, 0) is 5.41 Å². The van der Waals surface area contributed by atoms with Crippen LogP contribution in [0.4, 0.5) is 0 Å². The first kappa shape index (κ1) is 16.2. The average Bonchev–Trinajstić information content (AvgIpc) is 2.36. The van der Waals surface area contributed by atoms with Crippen molar-refractivity contribution >= 4 is 0 Å². The third-order valence-electron chi connectivity index (χ3n) is 4.02. The van der Waals surface area contributed by atoms with Gasteiger partial charge < -0.3 is 10.2 Å². The van der Waals surface area contributed by atoms with Crippen LogP contribution < -0.4 is 5.32 Å². The van der Waals surface area contributed by atoms with Crippen LogP contribution in [0.5, 0.6) is 0 Å². The number of hydrogen-bond donors (Lipinski definition) is 1. The Morgan fingerprint density at radius 3 is 2.21 bits per heavy atom. The Bertz CT molecular complexity index is 357. The summed E-state index contributed by atoms with van der Waals surface area (Å²) in [5, 5.41) is 3.65. The van der Waals surface area contributed by atoms with Gasteiger partial charge in [0.15, 0.2) is 0 Å². The van der Waals surface area contributed by atoms with Gasteiger partial charge in [-0.25, -0.2) is 0 Å². The Balaban J connectivity index is 2.49. The minimum absolute atomic E-state index is 0.217. The van der Waals surface area contributed by atoms with Crippen molar-refractivity contribution in [3.8, 4) is 0 Å². The van der Waals surface area contributed by atoms with Crippen LogP contribution in [0.15, 0.2) is 30.3 Å². The molecule has 2 heteroatoms. The van der Waals surface area contributed by atoms with Crippen LogP contribution in [-0.4, -0.2) is 37.6 Å². The number of hydrogen-bond acceptors (Lipinski definition) is 2. The fraction of sp³-hybridized carbons (Fsp3) is 0.647. The van der Waals surface area contributed by atoms with Crippen LogP contribution in [0.25, 0.3) is 0 Å². The van der Waals surface area contributed by atoms with E-state index in [0.29, 0.717) is 12.1 Å². The summed E-state index contributed by atoms with van der Waals surface area (Å²) in [4.78, 5) is 2.25. The van der Waals surface area contributed by atoms with E-state index >= 15 is 0 Å².